The van der Waals surface area contributed by atoms with Gasteiger partial charge in [-0.2, -0.15) is 0 Å². The van der Waals surface area contributed by atoms with E-state index in [0.29, 0.717) is 12.3 Å². The summed E-state index contributed by atoms with van der Waals surface area (Å²) >= 11 is 3.40. The van der Waals surface area contributed by atoms with Crippen molar-refractivity contribution in [2.75, 3.05) is 11.9 Å². The van der Waals surface area contributed by atoms with E-state index >= 15 is 0 Å². The number of benzene rings is 2. The van der Waals surface area contributed by atoms with Crippen molar-refractivity contribution in [3.05, 3.63) is 58.3 Å². The van der Waals surface area contributed by atoms with Crippen molar-refractivity contribution in [3.63, 3.8) is 0 Å². The minimum absolute atomic E-state index is 0.0904. The van der Waals surface area contributed by atoms with Crippen LogP contribution < -0.4 is 10.1 Å². The molecule has 0 saturated carbocycles. The first-order chi connectivity index (χ1) is 8.72. The molecule has 92 valence electrons. The Morgan fingerprint density at radius 1 is 1.17 bits per heavy atom. The Morgan fingerprint density at radius 3 is 2.72 bits per heavy atom. The predicted molar refractivity (Wildman–Crippen MR) is 72.4 cm³/mol. The van der Waals surface area contributed by atoms with Gasteiger partial charge in [0.2, 0.25) is 0 Å². The molecule has 1 aliphatic heterocycles. The maximum absolute atomic E-state index is 13.2. The lowest BCUT2D eigenvalue weighted by atomic mass is 10.1. The summed E-state index contributed by atoms with van der Waals surface area (Å²) in [4.78, 5) is 0. The maximum atomic E-state index is 13.2. The highest BCUT2D eigenvalue weighted by molar-refractivity contribution is 9.10. The summed E-state index contributed by atoms with van der Waals surface area (Å²) in [6.45, 7) is 0.681. The Balaban J connectivity index is 1.88. The van der Waals surface area contributed by atoms with E-state index in [4.69, 9.17) is 4.74 Å². The number of anilines is 1. The maximum Gasteiger partial charge on any atom is 0.146 e. The predicted octanol–water partition coefficient (Wildman–Crippen LogP) is 4.13. The van der Waals surface area contributed by atoms with Gasteiger partial charge >= 0.3 is 0 Å². The van der Waals surface area contributed by atoms with Crippen molar-refractivity contribution in [2.45, 2.75) is 6.10 Å². The number of hydrogen-bond donors (Lipinski definition) is 1. The summed E-state index contributed by atoms with van der Waals surface area (Å²) in [6, 6.07) is 12.5. The standard InChI is InChI=1S/C14H11BrFNO/c15-10-3-1-9(2-4-10)14-8-17-12-6-5-11(16)7-13(12)18-14/h1-7,14,17H,8H2. The molecule has 1 atom stereocenters. The molecule has 0 fully saturated rings. The summed E-state index contributed by atoms with van der Waals surface area (Å²) in [5.41, 5.74) is 1.91. The molecule has 0 radical (unpaired) electrons. The fourth-order valence-corrected chi connectivity index (χ4v) is 2.26. The second-order valence-corrected chi connectivity index (χ2v) is 5.10. The molecule has 2 aromatic rings. The Hall–Kier alpha value is -1.55. The van der Waals surface area contributed by atoms with Crippen LogP contribution in [0.4, 0.5) is 10.1 Å². The van der Waals surface area contributed by atoms with Gasteiger partial charge in [0.05, 0.1) is 12.2 Å². The number of ether oxygens (including phenoxy) is 1. The highest BCUT2D eigenvalue weighted by Crippen LogP contribution is 2.34. The molecule has 18 heavy (non-hydrogen) atoms. The summed E-state index contributed by atoms with van der Waals surface area (Å²) < 4.78 is 20.0. The molecule has 0 saturated heterocycles. The second kappa shape index (κ2) is 4.61. The first-order valence-corrected chi connectivity index (χ1v) is 6.47. The van der Waals surface area contributed by atoms with E-state index in [-0.39, 0.29) is 11.9 Å². The Bertz CT molecular complexity index is 571. The van der Waals surface area contributed by atoms with E-state index < -0.39 is 0 Å². The molecule has 0 spiro atoms. The lowest BCUT2D eigenvalue weighted by Crippen LogP contribution is -2.23. The smallest absolute Gasteiger partial charge is 0.146 e. The quantitative estimate of drug-likeness (QED) is 0.855. The highest BCUT2D eigenvalue weighted by atomic mass is 79.9. The van der Waals surface area contributed by atoms with Gasteiger partial charge in [0, 0.05) is 10.5 Å². The first kappa shape index (κ1) is 11.5. The zero-order valence-electron chi connectivity index (χ0n) is 9.49. The third-order valence-corrected chi connectivity index (χ3v) is 3.46. The van der Waals surface area contributed by atoms with Crippen molar-refractivity contribution in [2.24, 2.45) is 0 Å². The average molecular weight is 308 g/mol. The molecular weight excluding hydrogens is 297 g/mol. The minimum atomic E-state index is -0.285. The largest absolute Gasteiger partial charge is 0.482 e. The Morgan fingerprint density at radius 2 is 1.94 bits per heavy atom. The first-order valence-electron chi connectivity index (χ1n) is 5.68. The van der Waals surface area contributed by atoms with Gasteiger partial charge in [0.1, 0.15) is 17.7 Å². The van der Waals surface area contributed by atoms with Crippen molar-refractivity contribution in [3.8, 4) is 5.75 Å². The number of hydrogen-bond acceptors (Lipinski definition) is 2. The normalized spacial score (nSPS) is 17.6. The molecule has 1 unspecified atom stereocenters. The summed E-state index contributed by atoms with van der Waals surface area (Å²) in [5.74, 6) is 0.279. The van der Waals surface area contributed by atoms with Gasteiger partial charge in [0.25, 0.3) is 0 Å². The molecule has 0 amide bonds. The zero-order valence-corrected chi connectivity index (χ0v) is 11.1. The molecule has 1 aliphatic rings. The van der Waals surface area contributed by atoms with Gasteiger partial charge in [-0.25, -0.2) is 4.39 Å². The summed E-state index contributed by atoms with van der Waals surface area (Å²) in [7, 11) is 0. The van der Waals surface area contributed by atoms with Crippen LogP contribution in [0.15, 0.2) is 46.9 Å². The van der Waals surface area contributed by atoms with E-state index in [1.807, 2.05) is 24.3 Å². The van der Waals surface area contributed by atoms with E-state index in [9.17, 15) is 4.39 Å². The third kappa shape index (κ3) is 2.20. The van der Waals surface area contributed by atoms with Gasteiger partial charge in [0.15, 0.2) is 0 Å². The van der Waals surface area contributed by atoms with E-state index in [1.165, 1.54) is 12.1 Å². The molecule has 1 N–H and O–H groups in total. The SMILES string of the molecule is Fc1ccc2c(c1)OC(c1ccc(Br)cc1)CN2. The average Bonchev–Trinajstić information content (AvgIpc) is 2.38. The minimum Gasteiger partial charge on any atom is -0.482 e. The van der Waals surface area contributed by atoms with Crippen LogP contribution in [0.5, 0.6) is 5.75 Å². The number of nitrogens with one attached hydrogen (secondary N) is 1. The Kier molecular flexibility index (Phi) is 2.96. The van der Waals surface area contributed by atoms with Gasteiger partial charge in [-0.1, -0.05) is 28.1 Å². The zero-order chi connectivity index (χ0) is 12.5. The van der Waals surface area contributed by atoms with Gasteiger partial charge in [-0.15, -0.1) is 0 Å². The summed E-state index contributed by atoms with van der Waals surface area (Å²) in [5, 5.41) is 3.25. The lowest BCUT2D eigenvalue weighted by molar-refractivity contribution is 0.209. The molecule has 2 aromatic carbocycles. The van der Waals surface area contributed by atoms with Gasteiger partial charge in [-0.3, -0.25) is 0 Å². The molecule has 4 heteroatoms. The lowest BCUT2D eigenvalue weighted by Gasteiger charge is -2.27. The number of fused-ring (bicyclic) bond motifs is 1. The molecule has 1 heterocycles. The molecule has 0 aliphatic carbocycles. The van der Waals surface area contributed by atoms with Crippen LogP contribution in [0.3, 0.4) is 0 Å². The number of rotatable bonds is 1. The van der Waals surface area contributed by atoms with Gasteiger partial charge < -0.3 is 10.1 Å². The van der Waals surface area contributed by atoms with Crippen molar-refractivity contribution in [1.29, 1.82) is 0 Å². The van der Waals surface area contributed by atoms with Crippen LogP contribution in [0.25, 0.3) is 0 Å². The monoisotopic (exact) mass is 307 g/mol. The molecule has 2 nitrogen and oxygen atoms in total. The van der Waals surface area contributed by atoms with E-state index in [1.54, 1.807) is 6.07 Å². The second-order valence-electron chi connectivity index (χ2n) is 4.18. The van der Waals surface area contributed by atoms with Crippen LogP contribution in [-0.2, 0) is 0 Å². The Labute approximate surface area is 113 Å². The topological polar surface area (TPSA) is 21.3 Å². The van der Waals surface area contributed by atoms with E-state index in [2.05, 4.69) is 21.2 Å². The summed E-state index contributed by atoms with van der Waals surface area (Å²) in [6.07, 6.45) is -0.0904. The van der Waals surface area contributed by atoms with Gasteiger partial charge in [-0.05, 0) is 29.8 Å². The van der Waals surface area contributed by atoms with Crippen molar-refractivity contribution in [1.82, 2.24) is 0 Å². The van der Waals surface area contributed by atoms with E-state index in [0.717, 1.165) is 15.7 Å². The van der Waals surface area contributed by atoms with Crippen molar-refractivity contribution < 1.29 is 9.13 Å². The van der Waals surface area contributed by atoms with Crippen molar-refractivity contribution >= 4 is 21.6 Å². The fraction of sp³-hybridized carbons (Fsp3) is 0.143. The highest BCUT2D eigenvalue weighted by Gasteiger charge is 2.21. The number of halogens is 2. The van der Waals surface area contributed by atoms with Crippen LogP contribution in [0, 0.1) is 5.82 Å². The van der Waals surface area contributed by atoms with Crippen LogP contribution >= 0.6 is 15.9 Å². The van der Waals surface area contributed by atoms with Crippen LogP contribution in [0.1, 0.15) is 11.7 Å². The molecule has 0 aromatic heterocycles. The van der Waals surface area contributed by atoms with Crippen LogP contribution in [0.2, 0.25) is 0 Å². The third-order valence-electron chi connectivity index (χ3n) is 2.93. The molecule has 3 rings (SSSR count). The fourth-order valence-electron chi connectivity index (χ4n) is 2.00. The molecule has 0 bridgehead atoms. The van der Waals surface area contributed by atoms with Crippen LogP contribution in [-0.4, -0.2) is 6.54 Å². The molecular formula is C14H11BrFNO.